The fourth-order valence-corrected chi connectivity index (χ4v) is 3.21. The molecule has 0 saturated carbocycles. The molecule has 21 heavy (non-hydrogen) atoms. The van der Waals surface area contributed by atoms with E-state index in [1.807, 2.05) is 42.5 Å². The molecule has 0 spiro atoms. The zero-order valence-corrected chi connectivity index (χ0v) is 12.7. The van der Waals surface area contributed by atoms with Crippen LogP contribution in [-0.2, 0) is 11.2 Å². The molecule has 1 N–H and O–H groups in total. The number of hydrogen-bond acceptors (Lipinski definition) is 3. The molecule has 1 fully saturated rings. The highest BCUT2D eigenvalue weighted by molar-refractivity contribution is 8.15. The number of amides is 1. The lowest BCUT2D eigenvalue weighted by Gasteiger charge is -2.04. The Hall–Kier alpha value is -1.78. The summed E-state index contributed by atoms with van der Waals surface area (Å²) in [5.41, 5.74) is 1.93. The Balaban J connectivity index is 1.71. The molecule has 1 saturated heterocycles. The van der Waals surface area contributed by atoms with E-state index in [0.717, 1.165) is 11.3 Å². The summed E-state index contributed by atoms with van der Waals surface area (Å²) < 4.78 is 0. The van der Waals surface area contributed by atoms with Gasteiger partial charge < -0.3 is 5.32 Å². The Bertz CT molecular complexity index is 670. The van der Waals surface area contributed by atoms with E-state index in [1.165, 1.54) is 11.8 Å². The van der Waals surface area contributed by atoms with Crippen molar-refractivity contribution in [3.8, 4) is 0 Å². The quantitative estimate of drug-likeness (QED) is 0.935. The predicted octanol–water partition coefficient (Wildman–Crippen LogP) is 3.80. The van der Waals surface area contributed by atoms with Crippen LogP contribution in [-0.4, -0.2) is 16.3 Å². The van der Waals surface area contributed by atoms with Crippen LogP contribution >= 0.6 is 23.4 Å². The molecule has 1 amide bonds. The van der Waals surface area contributed by atoms with Gasteiger partial charge in [-0.05, 0) is 36.2 Å². The van der Waals surface area contributed by atoms with Crippen LogP contribution in [0.1, 0.15) is 5.56 Å². The lowest BCUT2D eigenvalue weighted by Crippen LogP contribution is -2.25. The van der Waals surface area contributed by atoms with Crippen molar-refractivity contribution in [2.75, 3.05) is 0 Å². The summed E-state index contributed by atoms with van der Waals surface area (Å²) in [5, 5.41) is 4.01. The summed E-state index contributed by atoms with van der Waals surface area (Å²) >= 11 is 7.31. The molecule has 5 heteroatoms. The van der Waals surface area contributed by atoms with Gasteiger partial charge in [0.1, 0.15) is 0 Å². The first kappa shape index (κ1) is 14.2. The zero-order valence-electron chi connectivity index (χ0n) is 11.1. The second-order valence-electron chi connectivity index (χ2n) is 4.68. The Morgan fingerprint density at radius 1 is 1.10 bits per heavy atom. The van der Waals surface area contributed by atoms with Crippen LogP contribution in [0.25, 0.3) is 0 Å². The molecule has 106 valence electrons. The van der Waals surface area contributed by atoms with Crippen LogP contribution in [0, 0.1) is 0 Å². The van der Waals surface area contributed by atoms with Gasteiger partial charge in [0.2, 0.25) is 5.91 Å². The second-order valence-corrected chi connectivity index (χ2v) is 6.31. The van der Waals surface area contributed by atoms with Crippen LogP contribution < -0.4 is 5.32 Å². The minimum Gasteiger partial charge on any atom is -0.304 e. The molecule has 3 rings (SSSR count). The van der Waals surface area contributed by atoms with E-state index in [4.69, 9.17) is 11.6 Å². The van der Waals surface area contributed by atoms with E-state index < -0.39 is 0 Å². The Labute approximate surface area is 132 Å². The van der Waals surface area contributed by atoms with Crippen LogP contribution in [0.4, 0.5) is 5.69 Å². The van der Waals surface area contributed by atoms with Crippen molar-refractivity contribution in [2.24, 2.45) is 4.99 Å². The fourth-order valence-electron chi connectivity index (χ4n) is 2.05. The van der Waals surface area contributed by atoms with Crippen molar-refractivity contribution < 1.29 is 4.79 Å². The van der Waals surface area contributed by atoms with Gasteiger partial charge >= 0.3 is 0 Å². The molecule has 0 unspecified atom stereocenters. The number of rotatable bonds is 3. The number of aliphatic imine (C=N–C) groups is 1. The van der Waals surface area contributed by atoms with E-state index in [0.29, 0.717) is 16.6 Å². The van der Waals surface area contributed by atoms with Crippen LogP contribution in [0.15, 0.2) is 59.6 Å². The van der Waals surface area contributed by atoms with Gasteiger partial charge in [-0.25, -0.2) is 4.99 Å². The molecular formula is C16H13ClN2OS. The summed E-state index contributed by atoms with van der Waals surface area (Å²) in [6, 6.07) is 17.2. The third-order valence-corrected chi connectivity index (χ3v) is 4.43. The average Bonchev–Trinajstić information content (AvgIpc) is 2.82. The molecule has 1 aliphatic rings. The molecule has 0 bridgehead atoms. The number of carbonyl (C=O) groups excluding carboxylic acids is 1. The smallest absolute Gasteiger partial charge is 0.239 e. The lowest BCUT2D eigenvalue weighted by atomic mass is 10.1. The van der Waals surface area contributed by atoms with Crippen molar-refractivity contribution in [3.05, 3.63) is 65.2 Å². The molecule has 0 radical (unpaired) electrons. The first-order valence-electron chi connectivity index (χ1n) is 6.56. The van der Waals surface area contributed by atoms with Crippen molar-refractivity contribution in [1.82, 2.24) is 5.32 Å². The first-order valence-corrected chi connectivity index (χ1v) is 7.82. The van der Waals surface area contributed by atoms with Crippen LogP contribution in [0.2, 0.25) is 5.02 Å². The summed E-state index contributed by atoms with van der Waals surface area (Å²) in [6.45, 7) is 0. The van der Waals surface area contributed by atoms with E-state index in [1.54, 1.807) is 12.1 Å². The number of nitrogens with one attached hydrogen (secondary N) is 1. The van der Waals surface area contributed by atoms with Gasteiger partial charge in [-0.15, -0.1) is 0 Å². The molecule has 2 aromatic rings. The van der Waals surface area contributed by atoms with Gasteiger partial charge in [-0.1, -0.05) is 53.7 Å². The maximum atomic E-state index is 12.0. The standard InChI is InChI=1S/C16H13ClN2OS/c17-12-6-8-13(9-7-12)18-16-19-15(20)14(21-16)10-11-4-2-1-3-5-11/h1-9,14H,10H2,(H,18,19,20)/t14-/m1/s1. The third-order valence-electron chi connectivity index (χ3n) is 3.10. The Morgan fingerprint density at radius 2 is 1.81 bits per heavy atom. The van der Waals surface area contributed by atoms with E-state index in [-0.39, 0.29) is 11.2 Å². The van der Waals surface area contributed by atoms with Gasteiger partial charge in [0.15, 0.2) is 5.17 Å². The zero-order chi connectivity index (χ0) is 14.7. The van der Waals surface area contributed by atoms with E-state index in [9.17, 15) is 4.79 Å². The topological polar surface area (TPSA) is 41.5 Å². The normalized spacial score (nSPS) is 19.8. The van der Waals surface area contributed by atoms with Crippen molar-refractivity contribution in [2.45, 2.75) is 11.7 Å². The molecule has 3 nitrogen and oxygen atoms in total. The van der Waals surface area contributed by atoms with Gasteiger partial charge in [-0.3, -0.25) is 4.79 Å². The number of thioether (sulfide) groups is 1. The summed E-state index contributed by atoms with van der Waals surface area (Å²) in [4.78, 5) is 16.4. The predicted molar refractivity (Wildman–Crippen MR) is 88.2 cm³/mol. The maximum absolute atomic E-state index is 12.0. The van der Waals surface area contributed by atoms with Gasteiger partial charge in [0.25, 0.3) is 0 Å². The summed E-state index contributed by atoms with van der Waals surface area (Å²) in [7, 11) is 0. The number of hydrogen-bond donors (Lipinski definition) is 1. The molecular weight excluding hydrogens is 304 g/mol. The highest BCUT2D eigenvalue weighted by Gasteiger charge is 2.30. The Morgan fingerprint density at radius 3 is 2.52 bits per heavy atom. The SMILES string of the molecule is O=C1NC(=Nc2ccc(Cl)cc2)S[C@@H]1Cc1ccccc1. The minimum atomic E-state index is -0.126. The van der Waals surface area contributed by atoms with E-state index in [2.05, 4.69) is 10.3 Å². The summed E-state index contributed by atoms with van der Waals surface area (Å²) in [5.74, 6) is 0.0107. The maximum Gasteiger partial charge on any atom is 0.239 e. The second kappa shape index (κ2) is 6.33. The monoisotopic (exact) mass is 316 g/mol. The number of nitrogens with zero attached hydrogens (tertiary/aromatic N) is 1. The molecule has 1 aliphatic heterocycles. The fraction of sp³-hybridized carbons (Fsp3) is 0.125. The highest BCUT2D eigenvalue weighted by Crippen LogP contribution is 2.26. The largest absolute Gasteiger partial charge is 0.304 e. The van der Waals surface area contributed by atoms with Gasteiger partial charge in [0, 0.05) is 5.02 Å². The highest BCUT2D eigenvalue weighted by atomic mass is 35.5. The van der Waals surface area contributed by atoms with Gasteiger partial charge in [0.05, 0.1) is 10.9 Å². The molecule has 2 aromatic carbocycles. The molecule has 1 atom stereocenters. The van der Waals surface area contributed by atoms with Crippen LogP contribution in [0.5, 0.6) is 0 Å². The first-order chi connectivity index (χ1) is 10.2. The lowest BCUT2D eigenvalue weighted by molar-refractivity contribution is -0.118. The number of halogens is 1. The number of carbonyl (C=O) groups is 1. The molecule has 1 heterocycles. The van der Waals surface area contributed by atoms with Gasteiger partial charge in [-0.2, -0.15) is 0 Å². The van der Waals surface area contributed by atoms with Crippen LogP contribution in [0.3, 0.4) is 0 Å². The number of benzene rings is 2. The molecule has 0 aromatic heterocycles. The van der Waals surface area contributed by atoms with E-state index >= 15 is 0 Å². The summed E-state index contributed by atoms with van der Waals surface area (Å²) in [6.07, 6.45) is 0.705. The average molecular weight is 317 g/mol. The van der Waals surface area contributed by atoms with Crippen molar-refractivity contribution in [3.63, 3.8) is 0 Å². The third kappa shape index (κ3) is 3.65. The minimum absolute atomic E-state index is 0.0107. The molecule has 0 aliphatic carbocycles. The van der Waals surface area contributed by atoms with Crippen molar-refractivity contribution in [1.29, 1.82) is 0 Å². The van der Waals surface area contributed by atoms with Crippen molar-refractivity contribution >= 4 is 40.1 Å². The Kier molecular flexibility index (Phi) is 4.27. The number of amidine groups is 1.